The first-order valence-electron chi connectivity index (χ1n) is 13.5. The van der Waals surface area contributed by atoms with Gasteiger partial charge in [0.05, 0.1) is 12.1 Å². The first-order valence-corrected chi connectivity index (χ1v) is 14.4. The Bertz CT molecular complexity index is 1360. The highest BCUT2D eigenvalue weighted by Gasteiger charge is 2.34. The van der Waals surface area contributed by atoms with E-state index < -0.39 is 17.7 Å². The molecule has 0 saturated carbocycles. The van der Waals surface area contributed by atoms with Gasteiger partial charge in [0.2, 0.25) is 0 Å². The number of carbonyl (C=O) groups excluding carboxylic acids is 2. The molecular formula is C31H34N2O6S. The number of fused-ring (bicyclic) bond motifs is 3. The second-order valence-corrected chi connectivity index (χ2v) is 12.2. The van der Waals surface area contributed by atoms with Crippen molar-refractivity contribution in [2.24, 2.45) is 0 Å². The van der Waals surface area contributed by atoms with Crippen LogP contribution in [0.1, 0.15) is 65.9 Å². The SMILES string of the molecule is CC(C)(C)OC(=O)N1CCC(N(Cc2cc(C(=O)O)cs2)C(=O)OCC2c3ccccc3-c3ccccc32)CC1. The number of carboxylic acids is 1. The van der Waals surface area contributed by atoms with Gasteiger partial charge in [-0.2, -0.15) is 0 Å². The fraction of sp³-hybridized carbons (Fsp3) is 0.387. The van der Waals surface area contributed by atoms with Crippen molar-refractivity contribution in [1.29, 1.82) is 0 Å². The third kappa shape index (κ3) is 5.99. The number of amides is 2. The number of piperidine rings is 1. The molecule has 2 aromatic carbocycles. The first-order chi connectivity index (χ1) is 19.1. The average molecular weight is 563 g/mol. The monoisotopic (exact) mass is 562 g/mol. The van der Waals surface area contributed by atoms with E-state index in [2.05, 4.69) is 24.3 Å². The molecule has 0 unspecified atom stereocenters. The van der Waals surface area contributed by atoms with Crippen molar-refractivity contribution < 1.29 is 29.0 Å². The highest BCUT2D eigenvalue weighted by molar-refractivity contribution is 7.10. The van der Waals surface area contributed by atoms with Crippen molar-refractivity contribution in [1.82, 2.24) is 9.80 Å². The number of rotatable bonds is 6. The highest BCUT2D eigenvalue weighted by atomic mass is 32.1. The molecule has 2 heterocycles. The molecule has 9 heteroatoms. The van der Waals surface area contributed by atoms with Gasteiger partial charge in [-0.25, -0.2) is 14.4 Å². The average Bonchev–Trinajstić information content (AvgIpc) is 3.53. The van der Waals surface area contributed by atoms with Crippen LogP contribution in [0.4, 0.5) is 9.59 Å². The number of nitrogens with zero attached hydrogens (tertiary/aromatic N) is 2. The number of benzene rings is 2. The summed E-state index contributed by atoms with van der Waals surface area (Å²) in [5, 5.41) is 11.0. The van der Waals surface area contributed by atoms with Crippen LogP contribution >= 0.6 is 11.3 Å². The van der Waals surface area contributed by atoms with Gasteiger partial charge in [0.25, 0.3) is 0 Å². The van der Waals surface area contributed by atoms with Crippen LogP contribution in [-0.2, 0) is 16.0 Å². The molecule has 0 atom stereocenters. The number of hydrogen-bond donors (Lipinski definition) is 1. The second-order valence-electron chi connectivity index (χ2n) is 11.2. The summed E-state index contributed by atoms with van der Waals surface area (Å²) in [4.78, 5) is 41.8. The van der Waals surface area contributed by atoms with E-state index in [-0.39, 0.29) is 36.8 Å². The van der Waals surface area contributed by atoms with Gasteiger partial charge >= 0.3 is 18.2 Å². The highest BCUT2D eigenvalue weighted by Crippen LogP contribution is 2.44. The van der Waals surface area contributed by atoms with Crippen molar-refractivity contribution in [2.45, 2.75) is 57.7 Å². The van der Waals surface area contributed by atoms with Gasteiger partial charge in [0.15, 0.2) is 0 Å². The maximum Gasteiger partial charge on any atom is 0.410 e. The molecule has 210 valence electrons. The lowest BCUT2D eigenvalue weighted by atomic mass is 9.98. The molecular weight excluding hydrogens is 528 g/mol. The normalized spacial score (nSPS) is 15.3. The van der Waals surface area contributed by atoms with Crippen molar-refractivity contribution in [3.8, 4) is 11.1 Å². The van der Waals surface area contributed by atoms with E-state index in [4.69, 9.17) is 9.47 Å². The number of thiophene rings is 1. The Labute approximate surface area is 238 Å². The molecule has 2 aliphatic rings. The summed E-state index contributed by atoms with van der Waals surface area (Å²) in [6, 6.07) is 17.8. The van der Waals surface area contributed by atoms with E-state index in [9.17, 15) is 19.5 Å². The quantitative estimate of drug-likeness (QED) is 0.364. The third-order valence-electron chi connectivity index (χ3n) is 7.35. The van der Waals surface area contributed by atoms with E-state index >= 15 is 0 Å². The zero-order chi connectivity index (χ0) is 28.4. The predicted octanol–water partition coefficient (Wildman–Crippen LogP) is 6.60. The number of likely N-dealkylation sites (tertiary alicyclic amines) is 1. The number of ether oxygens (including phenoxy) is 2. The molecule has 1 N–H and O–H groups in total. The van der Waals surface area contributed by atoms with Crippen molar-refractivity contribution >= 4 is 29.5 Å². The zero-order valence-electron chi connectivity index (χ0n) is 23.0. The molecule has 1 aliphatic heterocycles. The Morgan fingerprint density at radius 2 is 1.60 bits per heavy atom. The first kappa shape index (κ1) is 27.7. The summed E-state index contributed by atoms with van der Waals surface area (Å²) in [5.74, 6) is -1.06. The maximum atomic E-state index is 13.7. The largest absolute Gasteiger partial charge is 0.478 e. The molecule has 0 bridgehead atoms. The number of hydrogen-bond acceptors (Lipinski definition) is 6. The molecule has 5 rings (SSSR count). The molecule has 1 aromatic heterocycles. The van der Waals surface area contributed by atoms with Crippen LogP contribution in [0.2, 0.25) is 0 Å². The van der Waals surface area contributed by atoms with Crippen LogP contribution in [0.25, 0.3) is 11.1 Å². The van der Waals surface area contributed by atoms with Crippen LogP contribution in [0, 0.1) is 0 Å². The zero-order valence-corrected chi connectivity index (χ0v) is 23.8. The molecule has 1 fully saturated rings. The van der Waals surface area contributed by atoms with Crippen molar-refractivity contribution in [3.05, 3.63) is 81.5 Å². The lowest BCUT2D eigenvalue weighted by molar-refractivity contribution is 0.0130. The van der Waals surface area contributed by atoms with Crippen molar-refractivity contribution in [2.75, 3.05) is 19.7 Å². The minimum atomic E-state index is -0.999. The van der Waals surface area contributed by atoms with Gasteiger partial charge in [-0.3, -0.25) is 4.90 Å². The molecule has 1 saturated heterocycles. The summed E-state index contributed by atoms with van der Waals surface area (Å²) in [6.07, 6.45) is 0.340. The Morgan fingerprint density at radius 1 is 1.00 bits per heavy atom. The molecule has 8 nitrogen and oxygen atoms in total. The van der Waals surface area contributed by atoms with Crippen LogP contribution < -0.4 is 0 Å². The minimum Gasteiger partial charge on any atom is -0.478 e. The summed E-state index contributed by atoms with van der Waals surface area (Å²) >= 11 is 1.31. The van der Waals surface area contributed by atoms with Gasteiger partial charge in [-0.05, 0) is 61.9 Å². The summed E-state index contributed by atoms with van der Waals surface area (Å²) < 4.78 is 11.5. The minimum absolute atomic E-state index is 0.0624. The van der Waals surface area contributed by atoms with E-state index in [0.29, 0.717) is 25.9 Å². The Kier molecular flexibility index (Phi) is 7.85. The van der Waals surface area contributed by atoms with Crippen LogP contribution in [0.15, 0.2) is 60.0 Å². The summed E-state index contributed by atoms with van der Waals surface area (Å²) in [6.45, 7) is 6.86. The Morgan fingerprint density at radius 3 is 2.15 bits per heavy atom. The number of aromatic carboxylic acids is 1. The molecule has 3 aromatic rings. The van der Waals surface area contributed by atoms with Gasteiger partial charge in [-0.1, -0.05) is 48.5 Å². The van der Waals surface area contributed by atoms with Crippen molar-refractivity contribution in [3.63, 3.8) is 0 Å². The fourth-order valence-corrected chi connectivity index (χ4v) is 6.31. The fourth-order valence-electron chi connectivity index (χ4n) is 5.45. The van der Waals surface area contributed by atoms with Gasteiger partial charge in [-0.15, -0.1) is 11.3 Å². The van der Waals surface area contributed by atoms with E-state index in [1.165, 1.54) is 11.3 Å². The third-order valence-corrected chi connectivity index (χ3v) is 8.28. The Balaban J connectivity index is 1.31. The number of carboxylic acid groups (broad SMARTS) is 1. The van der Waals surface area contributed by atoms with E-state index in [1.807, 2.05) is 45.0 Å². The number of carbonyl (C=O) groups is 3. The molecule has 1 aliphatic carbocycles. The second kappa shape index (κ2) is 11.3. The van der Waals surface area contributed by atoms with Gasteiger partial charge in [0, 0.05) is 35.3 Å². The smallest absolute Gasteiger partial charge is 0.410 e. The molecule has 0 radical (unpaired) electrons. The lowest BCUT2D eigenvalue weighted by Crippen LogP contribution is -2.49. The lowest BCUT2D eigenvalue weighted by Gasteiger charge is -2.38. The van der Waals surface area contributed by atoms with Crippen LogP contribution in [0.3, 0.4) is 0 Å². The van der Waals surface area contributed by atoms with Gasteiger partial charge < -0.3 is 19.5 Å². The van der Waals surface area contributed by atoms with Crippen LogP contribution in [-0.4, -0.2) is 64.4 Å². The van der Waals surface area contributed by atoms with Gasteiger partial charge in [0.1, 0.15) is 12.2 Å². The summed E-state index contributed by atoms with van der Waals surface area (Å²) in [5.41, 5.74) is 4.21. The molecule has 40 heavy (non-hydrogen) atoms. The summed E-state index contributed by atoms with van der Waals surface area (Å²) in [7, 11) is 0. The Hall–Kier alpha value is -3.85. The predicted molar refractivity (Wildman–Crippen MR) is 153 cm³/mol. The topological polar surface area (TPSA) is 96.4 Å². The molecule has 2 amide bonds. The van der Waals surface area contributed by atoms with Crippen LogP contribution in [0.5, 0.6) is 0 Å². The standard InChI is InChI=1S/C31H34N2O6S/c1-31(2,3)39-29(36)32-14-12-21(13-15-32)33(17-22-16-20(19-40-22)28(34)35)30(37)38-18-27-25-10-6-4-8-23(25)24-9-5-7-11-26(24)27/h4-11,16,19,21,27H,12-15,17-18H2,1-3H3,(H,34,35). The van der Waals surface area contributed by atoms with E-state index in [0.717, 1.165) is 27.1 Å². The van der Waals surface area contributed by atoms with E-state index in [1.54, 1.807) is 21.2 Å². The molecule has 0 spiro atoms. The maximum absolute atomic E-state index is 13.7.